The first-order chi connectivity index (χ1) is 16.7. The average Bonchev–Trinajstić information content (AvgIpc) is 3.40. The molecule has 0 spiro atoms. The highest BCUT2D eigenvalue weighted by Crippen LogP contribution is 2.41. The summed E-state index contributed by atoms with van der Waals surface area (Å²) in [4.78, 5) is 20.0. The number of nitrogens with zero attached hydrogens (tertiary/aromatic N) is 6. The van der Waals surface area contributed by atoms with E-state index in [-0.39, 0.29) is 23.6 Å². The minimum Gasteiger partial charge on any atom is -0.325 e. The van der Waals surface area contributed by atoms with E-state index < -0.39 is 17.5 Å². The van der Waals surface area contributed by atoms with Gasteiger partial charge < -0.3 is 4.90 Å². The minimum absolute atomic E-state index is 0.186. The molecule has 1 aliphatic heterocycles. The molecule has 35 heavy (non-hydrogen) atoms. The van der Waals surface area contributed by atoms with Crippen molar-refractivity contribution in [3.05, 3.63) is 70.6 Å². The molecule has 3 aromatic heterocycles. The van der Waals surface area contributed by atoms with Crippen LogP contribution in [0.4, 0.5) is 13.2 Å². The lowest BCUT2D eigenvalue weighted by atomic mass is 9.87. The summed E-state index contributed by atoms with van der Waals surface area (Å²) >= 11 is 0. The van der Waals surface area contributed by atoms with Crippen molar-refractivity contribution >= 4 is 11.6 Å². The molecule has 0 saturated carbocycles. The van der Waals surface area contributed by atoms with Crippen molar-refractivity contribution in [2.75, 3.05) is 0 Å². The summed E-state index contributed by atoms with van der Waals surface area (Å²) in [6, 6.07) is 3.29. The maximum absolute atomic E-state index is 14.0. The molecule has 1 aliphatic rings. The Labute approximate surface area is 200 Å². The maximum atomic E-state index is 14.0. The molecule has 5 rings (SSSR count). The Balaban J connectivity index is 1.62. The molecule has 4 aromatic rings. The molecule has 7 nitrogen and oxygen atoms in total. The van der Waals surface area contributed by atoms with Crippen LogP contribution in [0, 0.1) is 24.4 Å². The van der Waals surface area contributed by atoms with Crippen molar-refractivity contribution in [3.8, 4) is 11.3 Å². The molecule has 1 aromatic carbocycles. The van der Waals surface area contributed by atoms with Gasteiger partial charge in [-0.25, -0.2) is 22.7 Å². The highest BCUT2D eigenvalue weighted by atomic mass is 19.2. The first kappa shape index (κ1) is 23.1. The molecule has 2 atom stereocenters. The number of rotatable bonds is 4. The van der Waals surface area contributed by atoms with Crippen molar-refractivity contribution in [1.29, 1.82) is 0 Å². The first-order valence-electron chi connectivity index (χ1n) is 11.6. The summed E-state index contributed by atoms with van der Waals surface area (Å²) in [6.07, 6.45) is 4.90. The summed E-state index contributed by atoms with van der Waals surface area (Å²) in [5.41, 5.74) is 4.11. The zero-order valence-corrected chi connectivity index (χ0v) is 19.9. The third-order valence-corrected chi connectivity index (χ3v) is 6.73. The van der Waals surface area contributed by atoms with E-state index in [0.717, 1.165) is 23.3 Å². The Morgan fingerprint density at radius 1 is 1.09 bits per heavy atom. The van der Waals surface area contributed by atoms with Gasteiger partial charge in [-0.2, -0.15) is 10.2 Å². The van der Waals surface area contributed by atoms with Crippen LogP contribution in [0.2, 0.25) is 0 Å². The van der Waals surface area contributed by atoms with Gasteiger partial charge in [0, 0.05) is 24.2 Å². The number of fused-ring (bicyclic) bond motifs is 2. The number of halogens is 3. The molecule has 10 heteroatoms. The Hall–Kier alpha value is -3.69. The lowest BCUT2D eigenvalue weighted by Crippen LogP contribution is -2.47. The minimum atomic E-state index is -1.50. The number of amides is 1. The molecular weight excluding hydrogens is 457 g/mol. The largest absolute Gasteiger partial charge is 0.325 e. The third-order valence-electron chi connectivity index (χ3n) is 6.73. The van der Waals surface area contributed by atoms with Crippen LogP contribution >= 0.6 is 0 Å². The van der Waals surface area contributed by atoms with Crippen LogP contribution < -0.4 is 0 Å². The van der Waals surface area contributed by atoms with Crippen LogP contribution in [-0.4, -0.2) is 41.2 Å². The Kier molecular flexibility index (Phi) is 5.61. The lowest BCUT2D eigenvalue weighted by Gasteiger charge is -2.41. The SMILES string of the molecule is CCC1Cc2c(nn(C)c2-c2cc(F)c(F)c(F)c2)C(CC)N1C(=O)c1cnc2cc(C)cnn12. The van der Waals surface area contributed by atoms with Gasteiger partial charge in [-0.05, 0) is 49.9 Å². The standard InChI is InChI=1S/C25H25F3N6O/c1-5-15-10-16-23(31-32(4)24(16)14-8-17(26)22(28)18(27)9-14)19(6-2)33(15)25(35)20-12-29-21-7-13(3)11-30-34(20)21/h7-9,11-12,15,19H,5-6,10H2,1-4H3. The van der Waals surface area contributed by atoms with E-state index in [2.05, 4.69) is 15.2 Å². The van der Waals surface area contributed by atoms with Gasteiger partial charge in [-0.1, -0.05) is 13.8 Å². The molecule has 0 bridgehead atoms. The molecule has 182 valence electrons. The van der Waals surface area contributed by atoms with Crippen LogP contribution in [0.1, 0.15) is 60.0 Å². The van der Waals surface area contributed by atoms with Gasteiger partial charge in [0.25, 0.3) is 5.91 Å². The van der Waals surface area contributed by atoms with Crippen molar-refractivity contribution in [1.82, 2.24) is 29.3 Å². The molecule has 0 saturated heterocycles. The van der Waals surface area contributed by atoms with Gasteiger partial charge in [0.05, 0.1) is 29.8 Å². The Morgan fingerprint density at radius 2 is 1.80 bits per heavy atom. The van der Waals surface area contributed by atoms with Crippen molar-refractivity contribution in [2.24, 2.45) is 7.05 Å². The smallest absolute Gasteiger partial charge is 0.275 e. The molecule has 0 N–H and O–H groups in total. The number of hydrogen-bond donors (Lipinski definition) is 0. The molecule has 1 amide bonds. The fourth-order valence-corrected chi connectivity index (χ4v) is 5.12. The number of imidazole rings is 1. The van der Waals surface area contributed by atoms with Gasteiger partial charge in [-0.3, -0.25) is 9.48 Å². The molecule has 0 radical (unpaired) electrons. The highest BCUT2D eigenvalue weighted by molar-refractivity contribution is 5.94. The van der Waals surface area contributed by atoms with Gasteiger partial charge in [0.1, 0.15) is 0 Å². The van der Waals surface area contributed by atoms with E-state index in [1.807, 2.05) is 31.7 Å². The van der Waals surface area contributed by atoms with Crippen LogP contribution in [-0.2, 0) is 13.5 Å². The Morgan fingerprint density at radius 3 is 2.46 bits per heavy atom. The monoisotopic (exact) mass is 482 g/mol. The van der Waals surface area contributed by atoms with Crippen LogP contribution in [0.15, 0.2) is 30.6 Å². The Bertz CT molecular complexity index is 1440. The van der Waals surface area contributed by atoms with Crippen LogP contribution in [0.5, 0.6) is 0 Å². The summed E-state index contributed by atoms with van der Waals surface area (Å²) in [7, 11) is 1.68. The fourth-order valence-electron chi connectivity index (χ4n) is 5.12. The van der Waals surface area contributed by atoms with Gasteiger partial charge in [0.15, 0.2) is 28.8 Å². The number of hydrogen-bond acceptors (Lipinski definition) is 4. The number of carbonyl (C=O) groups excluding carboxylic acids is 1. The van der Waals surface area contributed by atoms with E-state index in [1.54, 1.807) is 17.9 Å². The molecule has 0 aliphatic carbocycles. The van der Waals surface area contributed by atoms with Gasteiger partial charge in [-0.15, -0.1) is 0 Å². The first-order valence-corrected chi connectivity index (χ1v) is 11.6. The zero-order chi connectivity index (χ0) is 25.0. The van der Waals surface area contributed by atoms with Crippen molar-refractivity contribution in [3.63, 3.8) is 0 Å². The predicted octanol–water partition coefficient (Wildman–Crippen LogP) is 4.78. The second kappa shape index (κ2) is 8.51. The number of carbonyl (C=O) groups is 1. The maximum Gasteiger partial charge on any atom is 0.275 e. The highest BCUT2D eigenvalue weighted by Gasteiger charge is 2.41. The summed E-state index contributed by atoms with van der Waals surface area (Å²) in [5, 5.41) is 9.03. The van der Waals surface area contributed by atoms with Crippen molar-refractivity contribution < 1.29 is 18.0 Å². The van der Waals surface area contributed by atoms with Crippen molar-refractivity contribution in [2.45, 2.75) is 52.1 Å². The zero-order valence-electron chi connectivity index (χ0n) is 19.9. The van der Waals surface area contributed by atoms with E-state index >= 15 is 0 Å². The summed E-state index contributed by atoms with van der Waals surface area (Å²) in [6.45, 7) is 5.87. The second-order valence-corrected chi connectivity index (χ2v) is 8.94. The van der Waals surface area contributed by atoms with Crippen LogP contribution in [0.25, 0.3) is 16.9 Å². The second-order valence-electron chi connectivity index (χ2n) is 8.94. The van der Waals surface area contributed by atoms with E-state index in [0.29, 0.717) is 42.0 Å². The normalized spacial score (nSPS) is 17.7. The van der Waals surface area contributed by atoms with E-state index in [9.17, 15) is 18.0 Å². The number of aryl methyl sites for hydroxylation is 2. The van der Waals surface area contributed by atoms with Crippen LogP contribution in [0.3, 0.4) is 0 Å². The fraction of sp³-hybridized carbons (Fsp3) is 0.360. The number of benzene rings is 1. The number of aromatic nitrogens is 5. The van der Waals surface area contributed by atoms with E-state index in [1.165, 1.54) is 10.7 Å². The summed E-state index contributed by atoms with van der Waals surface area (Å²) in [5.74, 6) is -4.21. The van der Waals surface area contributed by atoms with Gasteiger partial charge >= 0.3 is 0 Å². The third kappa shape index (κ3) is 3.59. The predicted molar refractivity (Wildman–Crippen MR) is 123 cm³/mol. The quantitative estimate of drug-likeness (QED) is 0.393. The molecular formula is C25H25F3N6O. The lowest BCUT2D eigenvalue weighted by molar-refractivity contribution is 0.0504. The topological polar surface area (TPSA) is 68.3 Å². The molecule has 2 unspecified atom stereocenters. The summed E-state index contributed by atoms with van der Waals surface area (Å²) < 4.78 is 44.8. The molecule has 4 heterocycles. The average molecular weight is 483 g/mol. The van der Waals surface area contributed by atoms with E-state index in [4.69, 9.17) is 0 Å². The molecule has 0 fully saturated rings. The van der Waals surface area contributed by atoms with Gasteiger partial charge in [0.2, 0.25) is 0 Å².